The third-order valence-electron chi connectivity index (χ3n) is 4.61. The first-order valence-corrected chi connectivity index (χ1v) is 11.7. The van der Waals surface area contributed by atoms with Crippen LogP contribution in [0.4, 0.5) is 0 Å². The molecule has 0 amide bonds. The van der Waals surface area contributed by atoms with Crippen LogP contribution in [-0.2, 0) is 16.6 Å². The third kappa shape index (κ3) is 6.86. The highest BCUT2D eigenvalue weighted by Crippen LogP contribution is 2.30. The van der Waals surface area contributed by atoms with E-state index in [0.717, 1.165) is 22.6 Å². The Morgan fingerprint density at radius 1 is 1.03 bits per heavy atom. The van der Waals surface area contributed by atoms with E-state index in [1.54, 1.807) is 31.3 Å². The van der Waals surface area contributed by atoms with Crippen molar-refractivity contribution in [2.75, 3.05) is 27.3 Å². The number of sulfonamides is 1. The molecule has 170 valence electrons. The summed E-state index contributed by atoms with van der Waals surface area (Å²) in [6.07, 6.45) is 0. The normalized spacial score (nSPS) is 12.9. The molecule has 1 unspecified atom stereocenters. The fraction of sp³-hybridized carbons (Fsp3) is 0.409. The predicted molar refractivity (Wildman–Crippen MR) is 123 cm³/mol. The van der Waals surface area contributed by atoms with Crippen LogP contribution in [0, 0.1) is 0 Å². The van der Waals surface area contributed by atoms with Gasteiger partial charge in [-0.05, 0) is 63.2 Å². The van der Waals surface area contributed by atoms with E-state index in [-0.39, 0.29) is 10.9 Å². The highest BCUT2D eigenvalue weighted by Gasteiger charge is 2.13. The molecule has 9 heteroatoms. The first-order chi connectivity index (χ1) is 14.8. The minimum absolute atomic E-state index is 0.0239. The third-order valence-corrected chi connectivity index (χ3v) is 6.04. The van der Waals surface area contributed by atoms with Gasteiger partial charge in [-0.2, -0.15) is 0 Å². The lowest BCUT2D eigenvalue weighted by atomic mass is 10.1. The van der Waals surface area contributed by atoms with Crippen molar-refractivity contribution in [3.05, 3.63) is 53.6 Å². The van der Waals surface area contributed by atoms with Crippen LogP contribution in [0.3, 0.4) is 0 Å². The summed E-state index contributed by atoms with van der Waals surface area (Å²) in [7, 11) is -0.343. The second-order valence-corrected chi connectivity index (χ2v) is 8.60. The summed E-state index contributed by atoms with van der Waals surface area (Å²) in [6.45, 7) is 7.55. The highest BCUT2D eigenvalue weighted by atomic mass is 32.2. The summed E-state index contributed by atoms with van der Waals surface area (Å²) in [5.74, 6) is 2.08. The molecule has 1 atom stereocenters. The lowest BCUT2D eigenvalue weighted by Gasteiger charge is -2.20. The van der Waals surface area contributed by atoms with E-state index in [2.05, 4.69) is 20.3 Å². The molecule has 31 heavy (non-hydrogen) atoms. The molecule has 0 spiro atoms. The number of benzene rings is 2. The summed E-state index contributed by atoms with van der Waals surface area (Å²) in [6, 6.07) is 12.6. The Balaban J connectivity index is 2.02. The topological polar surface area (TPSA) is 101 Å². The summed E-state index contributed by atoms with van der Waals surface area (Å²) < 4.78 is 37.3. The first kappa shape index (κ1) is 24.5. The van der Waals surface area contributed by atoms with Crippen molar-refractivity contribution in [2.45, 2.75) is 38.3 Å². The molecule has 3 N–H and O–H groups in total. The van der Waals surface area contributed by atoms with E-state index in [1.807, 2.05) is 39.0 Å². The number of aliphatic imine (C=N–C) groups is 1. The minimum atomic E-state index is -3.44. The zero-order valence-corrected chi connectivity index (χ0v) is 19.5. The molecular weight excluding hydrogens is 416 g/mol. The van der Waals surface area contributed by atoms with E-state index in [0.29, 0.717) is 25.7 Å². The molecule has 2 rings (SSSR count). The zero-order valence-electron chi connectivity index (χ0n) is 18.7. The van der Waals surface area contributed by atoms with Gasteiger partial charge in [0.1, 0.15) is 0 Å². The maximum absolute atomic E-state index is 11.8. The molecule has 0 bridgehead atoms. The van der Waals surface area contributed by atoms with Gasteiger partial charge in [0, 0.05) is 13.6 Å². The van der Waals surface area contributed by atoms with E-state index in [9.17, 15) is 8.42 Å². The number of nitrogens with zero attached hydrogens (tertiary/aromatic N) is 1. The molecule has 2 aromatic carbocycles. The van der Waals surface area contributed by atoms with Crippen molar-refractivity contribution in [3.8, 4) is 11.5 Å². The number of rotatable bonds is 10. The van der Waals surface area contributed by atoms with Crippen molar-refractivity contribution in [3.63, 3.8) is 0 Å². The van der Waals surface area contributed by atoms with E-state index < -0.39 is 10.0 Å². The molecule has 0 aromatic heterocycles. The van der Waals surface area contributed by atoms with Crippen LogP contribution < -0.4 is 24.8 Å². The molecule has 8 nitrogen and oxygen atoms in total. The van der Waals surface area contributed by atoms with Gasteiger partial charge in [-0.1, -0.05) is 18.2 Å². The summed E-state index contributed by atoms with van der Waals surface area (Å²) in [5.41, 5.74) is 1.97. The fourth-order valence-corrected chi connectivity index (χ4v) is 3.64. The quantitative estimate of drug-likeness (QED) is 0.382. The maximum Gasteiger partial charge on any atom is 0.240 e. The van der Waals surface area contributed by atoms with Crippen LogP contribution >= 0.6 is 0 Å². The Labute approximate surface area is 185 Å². The molecule has 2 aromatic rings. The van der Waals surface area contributed by atoms with Crippen molar-refractivity contribution < 1.29 is 17.9 Å². The molecule has 0 aliphatic heterocycles. The number of guanidine groups is 1. The van der Waals surface area contributed by atoms with Gasteiger partial charge in [-0.15, -0.1) is 0 Å². The van der Waals surface area contributed by atoms with E-state index >= 15 is 0 Å². The molecule has 0 aliphatic rings. The first-order valence-electron chi connectivity index (χ1n) is 10.2. The summed E-state index contributed by atoms with van der Waals surface area (Å²) >= 11 is 0. The maximum atomic E-state index is 11.8. The van der Waals surface area contributed by atoms with Gasteiger partial charge in [-0.3, -0.25) is 4.99 Å². The van der Waals surface area contributed by atoms with E-state index in [1.165, 1.54) is 7.05 Å². The van der Waals surface area contributed by atoms with Crippen molar-refractivity contribution in [2.24, 2.45) is 4.99 Å². The van der Waals surface area contributed by atoms with Crippen molar-refractivity contribution in [1.82, 2.24) is 15.4 Å². The molecule has 0 saturated heterocycles. The fourth-order valence-electron chi connectivity index (χ4n) is 2.91. The molecule has 0 saturated carbocycles. The van der Waals surface area contributed by atoms with Gasteiger partial charge in [0.2, 0.25) is 10.0 Å². The SMILES string of the molecule is CCOc1ccc(C(C)NC(=NC)NCc2ccc(S(=O)(=O)NC)cc2)cc1OCC. The van der Waals surface area contributed by atoms with Crippen LogP contribution in [0.15, 0.2) is 52.4 Å². The van der Waals surface area contributed by atoms with Gasteiger partial charge >= 0.3 is 0 Å². The minimum Gasteiger partial charge on any atom is -0.490 e. The Hall–Kier alpha value is -2.78. The molecule has 0 heterocycles. The Morgan fingerprint density at radius 3 is 2.26 bits per heavy atom. The Morgan fingerprint density at radius 2 is 1.68 bits per heavy atom. The van der Waals surface area contributed by atoms with E-state index in [4.69, 9.17) is 9.47 Å². The van der Waals surface area contributed by atoms with Crippen LogP contribution in [-0.4, -0.2) is 41.7 Å². The Bertz CT molecular complexity index is 976. The average molecular weight is 449 g/mol. The van der Waals surface area contributed by atoms with Crippen molar-refractivity contribution in [1.29, 1.82) is 0 Å². The average Bonchev–Trinajstić information content (AvgIpc) is 2.78. The predicted octanol–water partition coefficient (Wildman–Crippen LogP) is 2.82. The van der Waals surface area contributed by atoms with Crippen LogP contribution in [0.25, 0.3) is 0 Å². The lowest BCUT2D eigenvalue weighted by Crippen LogP contribution is -2.38. The summed E-state index contributed by atoms with van der Waals surface area (Å²) in [4.78, 5) is 4.51. The molecular formula is C22H32N4O4S. The smallest absolute Gasteiger partial charge is 0.240 e. The molecule has 0 fully saturated rings. The van der Waals surface area contributed by atoms with Gasteiger partial charge in [0.25, 0.3) is 0 Å². The standard InChI is InChI=1S/C22H32N4O4S/c1-6-29-20-13-10-18(14-21(20)30-7-2)16(3)26-22(23-4)25-15-17-8-11-19(12-9-17)31(27,28)24-5/h8-14,16,24H,6-7,15H2,1-5H3,(H2,23,25,26). The highest BCUT2D eigenvalue weighted by molar-refractivity contribution is 7.89. The number of ether oxygens (including phenoxy) is 2. The van der Waals surface area contributed by atoms with Crippen LogP contribution in [0.1, 0.15) is 37.9 Å². The monoisotopic (exact) mass is 448 g/mol. The summed E-state index contributed by atoms with van der Waals surface area (Å²) in [5, 5.41) is 6.60. The largest absolute Gasteiger partial charge is 0.490 e. The van der Waals surface area contributed by atoms with Crippen LogP contribution in [0.2, 0.25) is 0 Å². The molecule has 0 radical (unpaired) electrons. The number of nitrogens with one attached hydrogen (secondary N) is 3. The van der Waals surface area contributed by atoms with Gasteiger partial charge < -0.3 is 20.1 Å². The number of hydrogen-bond acceptors (Lipinski definition) is 5. The van der Waals surface area contributed by atoms with Crippen molar-refractivity contribution >= 4 is 16.0 Å². The van der Waals surface area contributed by atoms with Gasteiger partial charge in [-0.25, -0.2) is 13.1 Å². The second-order valence-electron chi connectivity index (χ2n) is 6.72. The number of hydrogen-bond donors (Lipinski definition) is 3. The second kappa shape index (κ2) is 11.6. The Kier molecular flexibility index (Phi) is 9.14. The van der Waals surface area contributed by atoms with Gasteiger partial charge in [0.15, 0.2) is 17.5 Å². The van der Waals surface area contributed by atoms with Crippen LogP contribution in [0.5, 0.6) is 11.5 Å². The molecule has 0 aliphatic carbocycles. The van der Waals surface area contributed by atoms with Gasteiger partial charge in [0.05, 0.1) is 24.2 Å². The lowest BCUT2D eigenvalue weighted by molar-refractivity contribution is 0.287. The zero-order chi connectivity index (χ0) is 22.9.